The molecule has 0 aromatic carbocycles. The van der Waals surface area contributed by atoms with E-state index in [1.54, 1.807) is 6.08 Å². The van der Waals surface area contributed by atoms with Crippen molar-refractivity contribution in [2.24, 2.45) is 11.8 Å². The second-order valence-corrected chi connectivity index (χ2v) is 4.31. The molecular formula is C14H20O4. The van der Waals surface area contributed by atoms with Crippen molar-refractivity contribution in [3.63, 3.8) is 0 Å². The lowest BCUT2D eigenvalue weighted by Gasteiger charge is -2.25. The fourth-order valence-corrected chi connectivity index (χ4v) is 2.31. The summed E-state index contributed by atoms with van der Waals surface area (Å²) in [6, 6.07) is 0. The molecule has 0 unspecified atom stereocenters. The van der Waals surface area contributed by atoms with Crippen LogP contribution in [0.2, 0.25) is 0 Å². The van der Waals surface area contributed by atoms with Gasteiger partial charge in [0.05, 0.1) is 14.2 Å². The first-order chi connectivity index (χ1) is 8.65. The Balaban J connectivity index is 2.99. The summed E-state index contributed by atoms with van der Waals surface area (Å²) in [5, 5.41) is 0. The highest BCUT2D eigenvalue weighted by atomic mass is 16.5. The summed E-state index contributed by atoms with van der Waals surface area (Å²) in [6.45, 7) is 3.73. The molecule has 1 aliphatic carbocycles. The lowest BCUT2D eigenvalue weighted by atomic mass is 9.81. The summed E-state index contributed by atoms with van der Waals surface area (Å²) in [5.74, 6) is -2.41. The third kappa shape index (κ3) is 3.22. The van der Waals surface area contributed by atoms with Gasteiger partial charge in [-0.3, -0.25) is 9.59 Å². The van der Waals surface area contributed by atoms with E-state index in [0.29, 0.717) is 0 Å². The van der Waals surface area contributed by atoms with Gasteiger partial charge in [-0.05, 0) is 25.7 Å². The van der Waals surface area contributed by atoms with E-state index >= 15 is 0 Å². The number of rotatable bonds is 5. The maximum Gasteiger partial charge on any atom is 0.321 e. The summed E-state index contributed by atoms with van der Waals surface area (Å²) in [6.07, 6.45) is 7.82. The van der Waals surface area contributed by atoms with E-state index in [4.69, 9.17) is 9.47 Å². The van der Waals surface area contributed by atoms with Crippen LogP contribution in [0.25, 0.3) is 0 Å². The van der Waals surface area contributed by atoms with Crippen LogP contribution in [0.5, 0.6) is 0 Å². The highest BCUT2D eigenvalue weighted by Gasteiger charge is 2.37. The van der Waals surface area contributed by atoms with Crippen LogP contribution in [0.3, 0.4) is 0 Å². The molecule has 0 aromatic rings. The van der Waals surface area contributed by atoms with Crippen molar-refractivity contribution >= 4 is 11.9 Å². The molecule has 4 heteroatoms. The zero-order chi connectivity index (χ0) is 13.5. The number of esters is 2. The van der Waals surface area contributed by atoms with E-state index in [2.05, 4.69) is 12.7 Å². The Kier molecular flexibility index (Phi) is 5.62. The highest BCUT2D eigenvalue weighted by Crippen LogP contribution is 2.31. The van der Waals surface area contributed by atoms with Gasteiger partial charge in [-0.2, -0.15) is 0 Å². The highest BCUT2D eigenvalue weighted by molar-refractivity contribution is 5.95. The zero-order valence-electron chi connectivity index (χ0n) is 11.0. The molecule has 100 valence electrons. The Bertz CT molecular complexity index is 341. The van der Waals surface area contributed by atoms with Crippen molar-refractivity contribution < 1.29 is 19.1 Å². The second kappa shape index (κ2) is 6.99. The molecule has 4 nitrogen and oxygen atoms in total. The lowest BCUT2D eigenvalue weighted by Crippen LogP contribution is -2.33. The fraction of sp³-hybridized carbons (Fsp3) is 0.571. The molecule has 0 saturated carbocycles. The molecule has 0 amide bonds. The van der Waals surface area contributed by atoms with Crippen molar-refractivity contribution in [1.29, 1.82) is 0 Å². The van der Waals surface area contributed by atoms with Crippen LogP contribution in [0.1, 0.15) is 25.7 Å². The van der Waals surface area contributed by atoms with Crippen LogP contribution >= 0.6 is 0 Å². The summed E-state index contributed by atoms with van der Waals surface area (Å²) in [4.78, 5) is 23.5. The van der Waals surface area contributed by atoms with Crippen LogP contribution in [-0.2, 0) is 19.1 Å². The SMILES string of the molecule is C=C[C@@H](C1=CCCCC1)C(C(=O)OC)C(=O)OC. The summed E-state index contributed by atoms with van der Waals surface area (Å²) in [7, 11) is 2.54. The molecule has 0 aromatic heterocycles. The molecular weight excluding hydrogens is 232 g/mol. The van der Waals surface area contributed by atoms with Crippen LogP contribution in [0.15, 0.2) is 24.3 Å². The van der Waals surface area contributed by atoms with Gasteiger partial charge in [-0.25, -0.2) is 0 Å². The van der Waals surface area contributed by atoms with Gasteiger partial charge in [0.2, 0.25) is 0 Å². The average Bonchev–Trinajstić information content (AvgIpc) is 2.44. The van der Waals surface area contributed by atoms with Crippen LogP contribution in [0, 0.1) is 11.8 Å². The standard InChI is InChI=1S/C14H20O4/c1-4-11(10-8-6-5-7-9-10)12(13(15)17-2)14(16)18-3/h4,8,11-12H,1,5-7,9H2,2-3H3/t11-/m0/s1. The van der Waals surface area contributed by atoms with Crippen molar-refractivity contribution in [2.45, 2.75) is 25.7 Å². The summed E-state index contributed by atoms with van der Waals surface area (Å²) < 4.78 is 9.39. The molecule has 0 fully saturated rings. The molecule has 1 aliphatic rings. The Morgan fingerprint density at radius 2 is 1.89 bits per heavy atom. The quantitative estimate of drug-likeness (QED) is 0.428. The normalized spacial score (nSPS) is 16.7. The third-order valence-corrected chi connectivity index (χ3v) is 3.28. The number of allylic oxidation sites excluding steroid dienone is 3. The average molecular weight is 252 g/mol. The second-order valence-electron chi connectivity index (χ2n) is 4.31. The monoisotopic (exact) mass is 252 g/mol. The van der Waals surface area contributed by atoms with Crippen molar-refractivity contribution in [2.75, 3.05) is 14.2 Å². The van der Waals surface area contributed by atoms with Crippen LogP contribution in [-0.4, -0.2) is 26.2 Å². The fourth-order valence-electron chi connectivity index (χ4n) is 2.31. The first-order valence-corrected chi connectivity index (χ1v) is 6.12. The van der Waals surface area contributed by atoms with Gasteiger partial charge in [0, 0.05) is 5.92 Å². The van der Waals surface area contributed by atoms with Gasteiger partial charge in [0.1, 0.15) is 0 Å². The molecule has 0 saturated heterocycles. The lowest BCUT2D eigenvalue weighted by molar-refractivity contribution is -0.160. The first-order valence-electron chi connectivity index (χ1n) is 6.12. The Morgan fingerprint density at radius 3 is 2.28 bits per heavy atom. The van der Waals surface area contributed by atoms with Gasteiger partial charge in [0.25, 0.3) is 0 Å². The molecule has 18 heavy (non-hydrogen) atoms. The smallest absolute Gasteiger partial charge is 0.321 e. The van der Waals surface area contributed by atoms with E-state index in [-0.39, 0.29) is 5.92 Å². The van der Waals surface area contributed by atoms with E-state index in [1.165, 1.54) is 14.2 Å². The number of carbonyl (C=O) groups excluding carboxylic acids is 2. The Morgan fingerprint density at radius 1 is 1.28 bits per heavy atom. The molecule has 0 aliphatic heterocycles. The summed E-state index contributed by atoms with van der Waals surface area (Å²) in [5.41, 5.74) is 1.08. The number of carbonyl (C=O) groups is 2. The Hall–Kier alpha value is -1.58. The van der Waals surface area contributed by atoms with Gasteiger partial charge in [0.15, 0.2) is 5.92 Å². The molecule has 1 atom stereocenters. The number of methoxy groups -OCH3 is 2. The van der Waals surface area contributed by atoms with Crippen molar-refractivity contribution in [3.05, 3.63) is 24.3 Å². The van der Waals surface area contributed by atoms with Gasteiger partial charge < -0.3 is 9.47 Å². The minimum Gasteiger partial charge on any atom is -0.468 e. The van der Waals surface area contributed by atoms with E-state index < -0.39 is 17.9 Å². The van der Waals surface area contributed by atoms with E-state index in [0.717, 1.165) is 31.3 Å². The van der Waals surface area contributed by atoms with E-state index in [1.807, 2.05) is 0 Å². The Labute approximate surface area is 108 Å². The molecule has 0 spiro atoms. The van der Waals surface area contributed by atoms with E-state index in [9.17, 15) is 9.59 Å². The van der Waals surface area contributed by atoms with Gasteiger partial charge in [-0.1, -0.05) is 17.7 Å². The number of hydrogen-bond donors (Lipinski definition) is 0. The number of hydrogen-bond acceptors (Lipinski definition) is 4. The van der Waals surface area contributed by atoms with Gasteiger partial charge in [-0.15, -0.1) is 6.58 Å². The number of ether oxygens (including phenoxy) is 2. The minimum absolute atomic E-state index is 0.329. The first kappa shape index (κ1) is 14.5. The van der Waals surface area contributed by atoms with Crippen LogP contribution < -0.4 is 0 Å². The van der Waals surface area contributed by atoms with Crippen LogP contribution in [0.4, 0.5) is 0 Å². The summed E-state index contributed by atoms with van der Waals surface area (Å²) >= 11 is 0. The topological polar surface area (TPSA) is 52.6 Å². The van der Waals surface area contributed by atoms with Gasteiger partial charge >= 0.3 is 11.9 Å². The maximum atomic E-state index is 11.8. The minimum atomic E-state index is -0.943. The molecule has 0 bridgehead atoms. The predicted molar refractivity (Wildman–Crippen MR) is 67.8 cm³/mol. The molecule has 0 heterocycles. The predicted octanol–water partition coefficient (Wildman–Crippen LogP) is 2.25. The van der Waals surface area contributed by atoms with Crippen molar-refractivity contribution in [3.8, 4) is 0 Å². The largest absolute Gasteiger partial charge is 0.468 e. The molecule has 0 N–H and O–H groups in total. The molecule has 1 rings (SSSR count). The molecule has 0 radical (unpaired) electrons. The van der Waals surface area contributed by atoms with Crippen molar-refractivity contribution in [1.82, 2.24) is 0 Å². The third-order valence-electron chi connectivity index (χ3n) is 3.28. The zero-order valence-corrected chi connectivity index (χ0v) is 11.0. The maximum absolute atomic E-state index is 11.8.